The number of hydrogen-bond donors (Lipinski definition) is 2. The number of benzene rings is 1. The lowest BCUT2D eigenvalue weighted by Gasteiger charge is -2.04. The highest BCUT2D eigenvalue weighted by molar-refractivity contribution is 7.99. The predicted octanol–water partition coefficient (Wildman–Crippen LogP) is 4.11. The summed E-state index contributed by atoms with van der Waals surface area (Å²) in [6.45, 7) is 0.695. The Balaban J connectivity index is 1.97. The van der Waals surface area contributed by atoms with Gasteiger partial charge in [0.2, 0.25) is 0 Å². The fourth-order valence-corrected chi connectivity index (χ4v) is 3.50. The molecule has 0 fully saturated rings. The van der Waals surface area contributed by atoms with Gasteiger partial charge in [0.1, 0.15) is 5.52 Å². The van der Waals surface area contributed by atoms with E-state index in [4.69, 9.17) is 35.0 Å². The summed E-state index contributed by atoms with van der Waals surface area (Å²) in [5.74, 6) is 2.62. The van der Waals surface area contributed by atoms with Crippen molar-refractivity contribution in [2.24, 2.45) is 0 Å². The van der Waals surface area contributed by atoms with Gasteiger partial charge in [-0.3, -0.25) is 5.41 Å². The SMILES string of the molecule is C#CCCCn1cnc(=N)c2[nH]c(Sc3cc(Cl)ccc3Cl)nc21. The third kappa shape index (κ3) is 3.59. The van der Waals surface area contributed by atoms with Crippen LogP contribution in [0.5, 0.6) is 0 Å². The van der Waals surface area contributed by atoms with Crippen LogP contribution in [-0.2, 0) is 6.54 Å². The van der Waals surface area contributed by atoms with Crippen LogP contribution in [0.15, 0.2) is 34.6 Å². The number of nitrogens with zero attached hydrogens (tertiary/aromatic N) is 3. The van der Waals surface area contributed by atoms with Crippen molar-refractivity contribution in [1.82, 2.24) is 19.5 Å². The molecule has 2 heterocycles. The van der Waals surface area contributed by atoms with Crippen LogP contribution in [0.4, 0.5) is 0 Å². The molecule has 2 N–H and O–H groups in total. The summed E-state index contributed by atoms with van der Waals surface area (Å²) in [4.78, 5) is 12.6. The first-order valence-electron chi connectivity index (χ1n) is 7.14. The molecular weight excluding hydrogens is 365 g/mol. The summed E-state index contributed by atoms with van der Waals surface area (Å²) in [7, 11) is 0. The van der Waals surface area contributed by atoms with Crippen LogP contribution >= 0.6 is 35.0 Å². The maximum absolute atomic E-state index is 7.96. The number of imidazole rings is 1. The van der Waals surface area contributed by atoms with Gasteiger partial charge in [0.05, 0.1) is 11.3 Å². The molecule has 1 aromatic carbocycles. The minimum absolute atomic E-state index is 0.148. The van der Waals surface area contributed by atoms with Crippen LogP contribution in [-0.4, -0.2) is 19.5 Å². The Hall–Kier alpha value is -1.94. The molecule has 8 heteroatoms. The second-order valence-electron chi connectivity index (χ2n) is 5.01. The molecule has 0 aliphatic heterocycles. The van der Waals surface area contributed by atoms with Crippen LogP contribution in [0.2, 0.25) is 10.0 Å². The number of halogens is 2. The molecule has 0 saturated carbocycles. The van der Waals surface area contributed by atoms with Gasteiger partial charge in [-0.1, -0.05) is 35.0 Å². The lowest BCUT2D eigenvalue weighted by molar-refractivity contribution is 0.653. The lowest BCUT2D eigenvalue weighted by Crippen LogP contribution is -2.12. The van der Waals surface area contributed by atoms with Crippen molar-refractivity contribution in [3.05, 3.63) is 40.1 Å². The molecule has 0 aliphatic carbocycles. The summed E-state index contributed by atoms with van der Waals surface area (Å²) < 4.78 is 1.89. The van der Waals surface area contributed by atoms with Gasteiger partial charge < -0.3 is 9.55 Å². The fraction of sp³-hybridized carbons (Fsp3) is 0.188. The molecule has 0 saturated heterocycles. The van der Waals surface area contributed by atoms with E-state index in [0.29, 0.717) is 39.3 Å². The molecule has 0 aliphatic rings. The monoisotopic (exact) mass is 377 g/mol. The summed E-state index contributed by atoms with van der Waals surface area (Å²) in [6, 6.07) is 5.26. The number of hydrogen-bond acceptors (Lipinski definition) is 4. The van der Waals surface area contributed by atoms with Crippen LogP contribution in [0.3, 0.4) is 0 Å². The van der Waals surface area contributed by atoms with Crippen molar-refractivity contribution >= 4 is 46.1 Å². The zero-order chi connectivity index (χ0) is 17.1. The molecule has 24 heavy (non-hydrogen) atoms. The normalized spacial score (nSPS) is 10.9. The number of rotatable bonds is 5. The van der Waals surface area contributed by atoms with Gasteiger partial charge in [0.15, 0.2) is 16.3 Å². The number of terminal acetylenes is 1. The molecule has 0 radical (unpaired) electrons. The van der Waals surface area contributed by atoms with Gasteiger partial charge >= 0.3 is 0 Å². The van der Waals surface area contributed by atoms with E-state index >= 15 is 0 Å². The zero-order valence-corrected chi connectivity index (χ0v) is 14.8. The molecule has 3 rings (SSSR count). The Morgan fingerprint density at radius 2 is 2.21 bits per heavy atom. The van der Waals surface area contributed by atoms with Crippen molar-refractivity contribution in [3.63, 3.8) is 0 Å². The first-order valence-corrected chi connectivity index (χ1v) is 8.72. The quantitative estimate of drug-likeness (QED) is 0.519. The number of fused-ring (bicyclic) bond motifs is 1. The van der Waals surface area contributed by atoms with Crippen molar-refractivity contribution in [3.8, 4) is 12.3 Å². The number of H-pyrrole nitrogens is 1. The van der Waals surface area contributed by atoms with Gasteiger partial charge in [-0.2, -0.15) is 0 Å². The Morgan fingerprint density at radius 1 is 1.38 bits per heavy atom. The minimum Gasteiger partial charge on any atom is -0.328 e. The maximum Gasteiger partial charge on any atom is 0.173 e. The number of unbranched alkanes of at least 4 members (excludes halogenated alkanes) is 1. The van der Waals surface area contributed by atoms with Gasteiger partial charge in [-0.05, 0) is 24.6 Å². The predicted molar refractivity (Wildman–Crippen MR) is 96.4 cm³/mol. The topological polar surface area (TPSA) is 70.3 Å². The van der Waals surface area contributed by atoms with Crippen LogP contribution in [0.1, 0.15) is 12.8 Å². The number of nitrogens with one attached hydrogen (secondary N) is 2. The Morgan fingerprint density at radius 3 is 3.00 bits per heavy atom. The van der Waals surface area contributed by atoms with Crippen LogP contribution in [0, 0.1) is 17.8 Å². The third-order valence-corrected chi connectivity index (χ3v) is 4.94. The Kier molecular flexibility index (Phi) is 5.14. The second kappa shape index (κ2) is 7.31. The molecule has 0 unspecified atom stereocenters. The van der Waals surface area contributed by atoms with Crippen LogP contribution in [0.25, 0.3) is 11.2 Å². The molecule has 122 valence electrons. The number of aromatic amines is 1. The Bertz CT molecular complexity index is 986. The maximum atomic E-state index is 7.96. The summed E-state index contributed by atoms with van der Waals surface area (Å²) >= 11 is 13.6. The number of aryl methyl sites for hydroxylation is 1. The van der Waals surface area contributed by atoms with Gasteiger partial charge in [0, 0.05) is 22.9 Å². The average Bonchev–Trinajstić information content (AvgIpc) is 2.98. The minimum atomic E-state index is 0.148. The molecule has 5 nitrogen and oxygen atoms in total. The van der Waals surface area contributed by atoms with E-state index in [2.05, 4.69) is 20.9 Å². The van der Waals surface area contributed by atoms with Gasteiger partial charge in [-0.25, -0.2) is 9.97 Å². The second-order valence-corrected chi connectivity index (χ2v) is 6.89. The summed E-state index contributed by atoms with van der Waals surface area (Å²) in [6.07, 6.45) is 8.41. The first-order chi connectivity index (χ1) is 11.6. The van der Waals surface area contributed by atoms with Crippen molar-refractivity contribution in [1.29, 1.82) is 5.41 Å². The largest absolute Gasteiger partial charge is 0.328 e. The Labute approximate surface area is 152 Å². The molecule has 3 aromatic rings. The molecule has 0 spiro atoms. The van der Waals surface area contributed by atoms with E-state index in [1.54, 1.807) is 24.5 Å². The molecule has 0 amide bonds. The van der Waals surface area contributed by atoms with E-state index < -0.39 is 0 Å². The van der Waals surface area contributed by atoms with E-state index in [-0.39, 0.29) is 5.49 Å². The summed E-state index contributed by atoms with van der Waals surface area (Å²) in [5, 5.41) is 9.78. The smallest absolute Gasteiger partial charge is 0.173 e. The molecular formula is C16H13Cl2N5S. The standard InChI is InChI=1S/C16H13Cl2N5S/c1-2-3-4-7-23-9-20-14(19)13-15(23)22-16(21-13)24-12-8-10(17)5-6-11(12)18/h1,5-6,8-9,19H,3-4,7H2,(H,21,22). The van der Waals surface area contributed by atoms with Crippen molar-refractivity contribution in [2.75, 3.05) is 0 Å². The highest BCUT2D eigenvalue weighted by Crippen LogP contribution is 2.34. The van der Waals surface area contributed by atoms with Gasteiger partial charge in [-0.15, -0.1) is 12.3 Å². The zero-order valence-electron chi connectivity index (χ0n) is 12.5. The molecule has 0 atom stereocenters. The van der Waals surface area contributed by atoms with Crippen molar-refractivity contribution < 1.29 is 0 Å². The molecule has 0 bridgehead atoms. The first kappa shape index (κ1) is 16.9. The van der Waals surface area contributed by atoms with Crippen LogP contribution < -0.4 is 5.49 Å². The average molecular weight is 378 g/mol. The van der Waals surface area contributed by atoms with E-state index in [1.165, 1.54) is 11.8 Å². The lowest BCUT2D eigenvalue weighted by atomic mass is 10.3. The van der Waals surface area contributed by atoms with E-state index in [0.717, 1.165) is 11.3 Å². The van der Waals surface area contributed by atoms with Crippen molar-refractivity contribution in [2.45, 2.75) is 29.4 Å². The number of aromatic nitrogens is 4. The highest BCUT2D eigenvalue weighted by atomic mass is 35.5. The van der Waals surface area contributed by atoms with E-state index in [9.17, 15) is 0 Å². The van der Waals surface area contributed by atoms with E-state index in [1.807, 2.05) is 4.57 Å². The molecule has 2 aromatic heterocycles. The highest BCUT2D eigenvalue weighted by Gasteiger charge is 2.12. The third-order valence-electron chi connectivity index (χ3n) is 3.32. The summed E-state index contributed by atoms with van der Waals surface area (Å²) in [5.41, 5.74) is 1.40. The van der Waals surface area contributed by atoms with Gasteiger partial charge in [0.25, 0.3) is 0 Å². The fourth-order valence-electron chi connectivity index (χ4n) is 2.19.